The fourth-order valence-corrected chi connectivity index (χ4v) is 3.65. The minimum atomic E-state index is -0.216. The van der Waals surface area contributed by atoms with Crippen LogP contribution in [0.2, 0.25) is 0 Å². The van der Waals surface area contributed by atoms with Gasteiger partial charge in [0.15, 0.2) is 0 Å². The number of fused-ring (bicyclic) bond motifs is 1. The highest BCUT2D eigenvalue weighted by Crippen LogP contribution is 2.22. The second kappa shape index (κ2) is 8.92. The molecule has 5 rings (SSSR count). The zero-order valence-electron chi connectivity index (χ0n) is 18.0. The number of hydrogen-bond donors (Lipinski definition) is 1. The summed E-state index contributed by atoms with van der Waals surface area (Å²) < 4.78 is 7.60. The van der Waals surface area contributed by atoms with Gasteiger partial charge in [0.05, 0.1) is 17.4 Å². The molecule has 0 unspecified atom stereocenters. The van der Waals surface area contributed by atoms with Gasteiger partial charge < -0.3 is 14.4 Å². The molecule has 0 spiro atoms. The van der Waals surface area contributed by atoms with Crippen LogP contribution in [0.1, 0.15) is 23.9 Å². The van der Waals surface area contributed by atoms with E-state index in [-0.39, 0.29) is 11.8 Å². The molecule has 1 N–H and O–H groups in total. The summed E-state index contributed by atoms with van der Waals surface area (Å²) in [6.07, 6.45) is 3.65. The summed E-state index contributed by atoms with van der Waals surface area (Å²) in [5.41, 5.74) is 5.32. The van der Waals surface area contributed by atoms with Crippen LogP contribution in [-0.2, 0) is 11.3 Å². The number of carbonyl (C=O) groups is 1. The number of nitrogens with zero attached hydrogens (tertiary/aromatic N) is 4. The molecule has 0 aliphatic rings. The van der Waals surface area contributed by atoms with Gasteiger partial charge in [0.2, 0.25) is 11.7 Å². The van der Waals surface area contributed by atoms with Gasteiger partial charge in [-0.1, -0.05) is 65.8 Å². The fraction of sp³-hybridized carbons (Fsp3) is 0.0769. The Bertz CT molecular complexity index is 1450. The van der Waals surface area contributed by atoms with Crippen LogP contribution in [-0.4, -0.2) is 25.6 Å². The Labute approximate surface area is 190 Å². The molecule has 2 heterocycles. The molecule has 33 heavy (non-hydrogen) atoms. The summed E-state index contributed by atoms with van der Waals surface area (Å²) in [5.74, 6) is 0.480. The van der Waals surface area contributed by atoms with Crippen molar-refractivity contribution in [2.24, 2.45) is 0 Å². The van der Waals surface area contributed by atoms with Crippen LogP contribution >= 0.6 is 0 Å². The average molecular weight is 435 g/mol. The SMILES string of the molecule is CC(=O)N/C(=C/c1ccccc1)c1nc(-c2cccc(Cn3cnc4ccccc43)c2)no1. The Hall–Kier alpha value is -4.52. The molecule has 0 aliphatic carbocycles. The molecule has 2 aromatic heterocycles. The van der Waals surface area contributed by atoms with E-state index in [2.05, 4.69) is 37.1 Å². The van der Waals surface area contributed by atoms with Gasteiger partial charge in [-0.05, 0) is 35.4 Å². The molecule has 162 valence electrons. The summed E-state index contributed by atoms with van der Waals surface area (Å²) in [7, 11) is 0. The lowest BCUT2D eigenvalue weighted by molar-refractivity contribution is -0.117. The molecule has 0 radical (unpaired) electrons. The highest BCUT2D eigenvalue weighted by Gasteiger charge is 2.15. The van der Waals surface area contributed by atoms with Crippen LogP contribution in [0.3, 0.4) is 0 Å². The van der Waals surface area contributed by atoms with E-state index in [1.807, 2.05) is 73.1 Å². The molecular weight excluding hydrogens is 414 g/mol. The number of rotatable bonds is 6. The summed E-state index contributed by atoms with van der Waals surface area (Å²) in [6, 6.07) is 25.7. The molecule has 0 bridgehead atoms. The zero-order valence-corrected chi connectivity index (χ0v) is 18.0. The Morgan fingerprint density at radius 1 is 1.03 bits per heavy atom. The van der Waals surface area contributed by atoms with E-state index in [9.17, 15) is 4.79 Å². The molecule has 0 aliphatic heterocycles. The third-order valence-electron chi connectivity index (χ3n) is 5.14. The van der Waals surface area contributed by atoms with Crippen LogP contribution in [0.4, 0.5) is 0 Å². The Morgan fingerprint density at radius 3 is 2.70 bits per heavy atom. The minimum absolute atomic E-state index is 0.216. The third kappa shape index (κ3) is 4.57. The maximum Gasteiger partial charge on any atom is 0.274 e. The van der Waals surface area contributed by atoms with Crippen molar-refractivity contribution in [1.29, 1.82) is 0 Å². The van der Waals surface area contributed by atoms with Gasteiger partial charge in [-0.3, -0.25) is 4.79 Å². The normalized spacial score (nSPS) is 11.6. The standard InChI is InChI=1S/C26H21N5O2/c1-18(32)28-23(15-19-8-3-2-4-9-19)26-29-25(30-33-26)21-11-7-10-20(14-21)16-31-17-27-22-12-5-6-13-24(22)31/h2-15,17H,16H2,1H3,(H,28,32)/b23-15+. The van der Waals surface area contributed by atoms with Gasteiger partial charge >= 0.3 is 0 Å². The summed E-state index contributed by atoms with van der Waals surface area (Å²) >= 11 is 0. The maximum atomic E-state index is 11.7. The lowest BCUT2D eigenvalue weighted by Crippen LogP contribution is -2.18. The monoisotopic (exact) mass is 435 g/mol. The average Bonchev–Trinajstić information content (AvgIpc) is 3.48. The summed E-state index contributed by atoms with van der Waals surface area (Å²) in [5, 5.41) is 6.93. The highest BCUT2D eigenvalue weighted by atomic mass is 16.5. The molecular formula is C26H21N5O2. The van der Waals surface area contributed by atoms with Crippen molar-refractivity contribution in [3.63, 3.8) is 0 Å². The first kappa shape index (κ1) is 20.4. The van der Waals surface area contributed by atoms with E-state index in [0.29, 0.717) is 18.1 Å². The molecule has 0 fully saturated rings. The lowest BCUT2D eigenvalue weighted by Gasteiger charge is -2.06. The number of hydrogen-bond acceptors (Lipinski definition) is 5. The van der Waals surface area contributed by atoms with E-state index >= 15 is 0 Å². The first-order valence-corrected chi connectivity index (χ1v) is 10.5. The number of imidazole rings is 1. The van der Waals surface area contributed by atoms with Crippen LogP contribution in [0.15, 0.2) is 89.7 Å². The van der Waals surface area contributed by atoms with Gasteiger partial charge in [0, 0.05) is 19.0 Å². The van der Waals surface area contributed by atoms with Crippen LogP contribution in [0.5, 0.6) is 0 Å². The third-order valence-corrected chi connectivity index (χ3v) is 5.14. The van der Waals surface area contributed by atoms with Crippen LogP contribution < -0.4 is 5.32 Å². The van der Waals surface area contributed by atoms with Crippen molar-refractivity contribution in [3.8, 4) is 11.4 Å². The van der Waals surface area contributed by atoms with E-state index < -0.39 is 0 Å². The molecule has 0 atom stereocenters. The van der Waals surface area contributed by atoms with Gasteiger partial charge in [-0.25, -0.2) is 4.98 Å². The van der Waals surface area contributed by atoms with Gasteiger partial charge in [-0.15, -0.1) is 0 Å². The van der Waals surface area contributed by atoms with Crippen molar-refractivity contribution in [2.75, 3.05) is 0 Å². The molecule has 3 aromatic carbocycles. The van der Waals surface area contributed by atoms with E-state index in [1.165, 1.54) is 6.92 Å². The van der Waals surface area contributed by atoms with Crippen molar-refractivity contribution in [1.82, 2.24) is 25.0 Å². The molecule has 1 amide bonds. The number of aromatic nitrogens is 4. The predicted molar refractivity (Wildman–Crippen MR) is 127 cm³/mol. The fourth-order valence-electron chi connectivity index (χ4n) is 3.65. The van der Waals surface area contributed by atoms with Gasteiger partial charge in [0.25, 0.3) is 5.89 Å². The van der Waals surface area contributed by atoms with E-state index in [4.69, 9.17) is 4.52 Å². The highest BCUT2D eigenvalue weighted by molar-refractivity contribution is 5.89. The van der Waals surface area contributed by atoms with E-state index in [0.717, 1.165) is 27.7 Å². The Kier molecular flexibility index (Phi) is 5.51. The Morgan fingerprint density at radius 2 is 1.85 bits per heavy atom. The minimum Gasteiger partial charge on any atom is -0.332 e. The summed E-state index contributed by atoms with van der Waals surface area (Å²) in [4.78, 5) is 20.7. The smallest absolute Gasteiger partial charge is 0.274 e. The molecule has 7 heteroatoms. The number of carbonyl (C=O) groups excluding carboxylic acids is 1. The van der Waals surface area contributed by atoms with Crippen molar-refractivity contribution in [2.45, 2.75) is 13.5 Å². The topological polar surface area (TPSA) is 85.8 Å². The number of benzene rings is 3. The van der Waals surface area contributed by atoms with Crippen molar-refractivity contribution < 1.29 is 9.32 Å². The maximum absolute atomic E-state index is 11.7. The predicted octanol–water partition coefficient (Wildman–Crippen LogP) is 4.77. The molecule has 5 aromatic rings. The second-order valence-electron chi connectivity index (χ2n) is 7.63. The van der Waals surface area contributed by atoms with Crippen LogP contribution in [0, 0.1) is 0 Å². The first-order chi connectivity index (χ1) is 16.2. The largest absolute Gasteiger partial charge is 0.332 e. The van der Waals surface area contributed by atoms with Crippen molar-refractivity contribution in [3.05, 3.63) is 102 Å². The second-order valence-corrected chi connectivity index (χ2v) is 7.63. The number of amides is 1. The van der Waals surface area contributed by atoms with Crippen molar-refractivity contribution >= 4 is 28.7 Å². The van der Waals surface area contributed by atoms with Gasteiger partial charge in [-0.2, -0.15) is 4.98 Å². The van der Waals surface area contributed by atoms with E-state index in [1.54, 1.807) is 6.08 Å². The number of nitrogens with one attached hydrogen (secondary N) is 1. The Balaban J connectivity index is 1.43. The molecule has 7 nitrogen and oxygen atoms in total. The number of para-hydroxylation sites is 2. The zero-order chi connectivity index (χ0) is 22.6. The molecule has 0 saturated carbocycles. The molecule has 0 saturated heterocycles. The lowest BCUT2D eigenvalue weighted by atomic mass is 10.1. The van der Waals surface area contributed by atoms with Crippen LogP contribution in [0.25, 0.3) is 34.2 Å². The summed E-state index contributed by atoms with van der Waals surface area (Å²) in [6.45, 7) is 2.11. The van der Waals surface area contributed by atoms with Gasteiger partial charge in [0.1, 0.15) is 5.70 Å². The quantitative estimate of drug-likeness (QED) is 0.415. The first-order valence-electron chi connectivity index (χ1n) is 10.5.